The van der Waals surface area contributed by atoms with E-state index in [4.69, 9.17) is 11.6 Å². The molecule has 4 rings (SSSR count). The second kappa shape index (κ2) is 8.10. The van der Waals surface area contributed by atoms with Gasteiger partial charge in [-0.1, -0.05) is 35.9 Å². The van der Waals surface area contributed by atoms with Crippen LogP contribution in [0, 0.1) is 0 Å². The molecule has 0 atom stereocenters. The van der Waals surface area contributed by atoms with Crippen molar-refractivity contribution in [2.45, 2.75) is 6.92 Å². The number of nitrogens with zero attached hydrogens (tertiary/aromatic N) is 2. The van der Waals surface area contributed by atoms with Crippen LogP contribution in [0.2, 0.25) is 5.02 Å². The number of hydrogen-bond acceptors (Lipinski definition) is 5. The second-order valence-electron chi connectivity index (χ2n) is 6.41. The van der Waals surface area contributed by atoms with Crippen LogP contribution < -0.4 is 16.2 Å². The van der Waals surface area contributed by atoms with Crippen LogP contribution in [0.1, 0.15) is 17.3 Å². The van der Waals surface area contributed by atoms with Crippen molar-refractivity contribution in [1.82, 2.24) is 9.38 Å². The van der Waals surface area contributed by atoms with Crippen molar-refractivity contribution in [2.24, 2.45) is 0 Å². The molecule has 0 unspecified atom stereocenters. The second-order valence-corrected chi connectivity index (χ2v) is 7.66. The van der Waals surface area contributed by atoms with E-state index in [1.54, 1.807) is 47.8 Å². The SMILES string of the molecule is CC(=O)Nc1cccc(NC(=O)c2cnc3scc(-c4ccccc4Cl)n3c2=O)c1. The highest BCUT2D eigenvalue weighted by atomic mass is 35.5. The van der Waals surface area contributed by atoms with Crippen molar-refractivity contribution in [3.8, 4) is 11.3 Å². The van der Waals surface area contributed by atoms with Gasteiger partial charge in [-0.3, -0.25) is 18.8 Å². The van der Waals surface area contributed by atoms with Crippen molar-refractivity contribution < 1.29 is 9.59 Å². The van der Waals surface area contributed by atoms with E-state index in [-0.39, 0.29) is 11.5 Å². The minimum Gasteiger partial charge on any atom is -0.326 e. The van der Waals surface area contributed by atoms with Gasteiger partial charge in [-0.05, 0) is 24.3 Å². The fraction of sp³-hybridized carbons (Fsp3) is 0.0476. The predicted octanol–water partition coefficient (Wildman–Crippen LogP) is 4.29. The summed E-state index contributed by atoms with van der Waals surface area (Å²) < 4.78 is 1.38. The maximum absolute atomic E-state index is 13.1. The Labute approximate surface area is 180 Å². The number of carbonyl (C=O) groups excluding carboxylic acids is 2. The Bertz CT molecular complexity index is 1350. The highest BCUT2D eigenvalue weighted by molar-refractivity contribution is 7.15. The van der Waals surface area contributed by atoms with Gasteiger partial charge in [0.15, 0.2) is 4.96 Å². The summed E-state index contributed by atoms with van der Waals surface area (Å²) in [6.07, 6.45) is 1.26. The number of nitrogens with one attached hydrogen (secondary N) is 2. The van der Waals surface area contributed by atoms with Gasteiger partial charge in [0, 0.05) is 40.5 Å². The zero-order valence-corrected chi connectivity index (χ0v) is 17.3. The molecule has 0 aliphatic rings. The Hall–Kier alpha value is -3.49. The molecule has 0 radical (unpaired) electrons. The summed E-state index contributed by atoms with van der Waals surface area (Å²) in [4.78, 5) is 41.8. The zero-order valence-electron chi connectivity index (χ0n) is 15.7. The molecule has 2 heterocycles. The highest BCUT2D eigenvalue weighted by Gasteiger charge is 2.18. The van der Waals surface area contributed by atoms with Gasteiger partial charge < -0.3 is 10.6 Å². The van der Waals surface area contributed by atoms with Crippen LogP contribution in [0.4, 0.5) is 11.4 Å². The summed E-state index contributed by atoms with van der Waals surface area (Å²) in [6, 6.07) is 13.8. The number of carbonyl (C=O) groups is 2. The molecule has 0 aliphatic heterocycles. The lowest BCUT2D eigenvalue weighted by atomic mass is 10.2. The molecular weight excluding hydrogens is 424 g/mol. The number of benzene rings is 2. The number of thiazole rings is 1. The van der Waals surface area contributed by atoms with Crippen molar-refractivity contribution >= 4 is 51.1 Å². The molecule has 4 aromatic rings. The van der Waals surface area contributed by atoms with Gasteiger partial charge in [0.1, 0.15) is 5.56 Å². The molecule has 2 N–H and O–H groups in total. The van der Waals surface area contributed by atoms with Crippen LogP contribution in [0.15, 0.2) is 64.9 Å². The lowest BCUT2D eigenvalue weighted by Crippen LogP contribution is -2.26. The largest absolute Gasteiger partial charge is 0.326 e. The van der Waals surface area contributed by atoms with Crippen molar-refractivity contribution in [3.05, 3.63) is 81.0 Å². The van der Waals surface area contributed by atoms with Crippen LogP contribution in [-0.2, 0) is 4.79 Å². The fourth-order valence-electron chi connectivity index (χ4n) is 2.98. The van der Waals surface area contributed by atoms with Gasteiger partial charge in [-0.2, -0.15) is 0 Å². The van der Waals surface area contributed by atoms with Crippen LogP contribution in [0.3, 0.4) is 0 Å². The van der Waals surface area contributed by atoms with E-state index in [1.807, 2.05) is 6.07 Å². The standard InChI is InChI=1S/C21H15ClN4O3S/c1-12(27)24-13-5-4-6-14(9-13)25-19(28)16-10-23-21-26(20(16)29)18(11-30-21)15-7-2-3-8-17(15)22/h2-11H,1H3,(H,24,27)(H,25,28). The lowest BCUT2D eigenvalue weighted by molar-refractivity contribution is -0.114. The van der Waals surface area contributed by atoms with Gasteiger partial charge in [-0.25, -0.2) is 4.98 Å². The average Bonchev–Trinajstić information content (AvgIpc) is 3.13. The summed E-state index contributed by atoms with van der Waals surface area (Å²) in [7, 11) is 0. The van der Waals surface area contributed by atoms with Gasteiger partial charge in [0.25, 0.3) is 11.5 Å². The molecule has 0 spiro atoms. The molecule has 2 aromatic carbocycles. The van der Waals surface area contributed by atoms with Gasteiger partial charge in [0.2, 0.25) is 5.91 Å². The van der Waals surface area contributed by atoms with Gasteiger partial charge in [0.05, 0.1) is 5.69 Å². The van der Waals surface area contributed by atoms with E-state index in [1.165, 1.54) is 28.9 Å². The molecule has 9 heteroatoms. The van der Waals surface area contributed by atoms with E-state index >= 15 is 0 Å². The third-order valence-corrected chi connectivity index (χ3v) is 5.45. The number of anilines is 2. The number of hydrogen-bond donors (Lipinski definition) is 2. The normalized spacial score (nSPS) is 10.7. The van der Waals surface area contributed by atoms with E-state index in [2.05, 4.69) is 15.6 Å². The van der Waals surface area contributed by atoms with Crippen molar-refractivity contribution in [1.29, 1.82) is 0 Å². The van der Waals surface area contributed by atoms with E-state index in [0.717, 1.165) is 0 Å². The van der Waals surface area contributed by atoms with Crippen LogP contribution in [0.5, 0.6) is 0 Å². The Kier molecular flexibility index (Phi) is 5.35. The molecule has 2 amide bonds. The third-order valence-electron chi connectivity index (χ3n) is 4.28. The molecule has 0 aliphatic carbocycles. The van der Waals surface area contributed by atoms with E-state index < -0.39 is 11.5 Å². The summed E-state index contributed by atoms with van der Waals surface area (Å²) in [5, 5.41) is 7.59. The minimum atomic E-state index is -0.599. The number of amides is 2. The number of rotatable bonds is 4. The maximum Gasteiger partial charge on any atom is 0.271 e. The summed E-state index contributed by atoms with van der Waals surface area (Å²) in [5.74, 6) is -0.825. The summed E-state index contributed by atoms with van der Waals surface area (Å²) >= 11 is 7.57. The molecule has 0 bridgehead atoms. The Morgan fingerprint density at radius 1 is 1.07 bits per heavy atom. The first kappa shape index (κ1) is 19.8. The maximum atomic E-state index is 13.1. The third kappa shape index (κ3) is 3.83. The predicted molar refractivity (Wildman–Crippen MR) is 118 cm³/mol. The van der Waals surface area contributed by atoms with E-state index in [0.29, 0.717) is 32.6 Å². The first-order valence-electron chi connectivity index (χ1n) is 8.87. The molecular formula is C21H15ClN4O3S. The minimum absolute atomic E-state index is 0.107. The van der Waals surface area contributed by atoms with Crippen LogP contribution in [-0.4, -0.2) is 21.2 Å². The first-order valence-corrected chi connectivity index (χ1v) is 10.1. The van der Waals surface area contributed by atoms with Crippen molar-refractivity contribution in [3.63, 3.8) is 0 Å². The molecule has 2 aromatic heterocycles. The lowest BCUT2D eigenvalue weighted by Gasteiger charge is -2.08. The van der Waals surface area contributed by atoms with Crippen molar-refractivity contribution in [2.75, 3.05) is 10.6 Å². The van der Waals surface area contributed by atoms with E-state index in [9.17, 15) is 14.4 Å². The molecule has 150 valence electrons. The zero-order chi connectivity index (χ0) is 21.3. The fourth-order valence-corrected chi connectivity index (χ4v) is 4.06. The molecule has 0 saturated carbocycles. The Balaban J connectivity index is 1.72. The van der Waals surface area contributed by atoms with Gasteiger partial charge in [-0.15, -0.1) is 11.3 Å². The molecule has 0 fully saturated rings. The Morgan fingerprint density at radius 3 is 2.53 bits per heavy atom. The smallest absolute Gasteiger partial charge is 0.271 e. The van der Waals surface area contributed by atoms with Crippen LogP contribution in [0.25, 0.3) is 16.2 Å². The first-order chi connectivity index (χ1) is 14.4. The summed E-state index contributed by atoms with van der Waals surface area (Å²) in [6.45, 7) is 1.39. The highest BCUT2D eigenvalue weighted by Crippen LogP contribution is 2.30. The Morgan fingerprint density at radius 2 is 1.80 bits per heavy atom. The monoisotopic (exact) mass is 438 g/mol. The average molecular weight is 439 g/mol. The number of halogens is 1. The quantitative estimate of drug-likeness (QED) is 0.497. The topological polar surface area (TPSA) is 92.6 Å². The number of aromatic nitrogens is 2. The van der Waals surface area contributed by atoms with Gasteiger partial charge >= 0.3 is 0 Å². The summed E-state index contributed by atoms with van der Waals surface area (Å²) in [5.41, 5.74) is 1.61. The molecule has 7 nitrogen and oxygen atoms in total. The molecule has 0 saturated heterocycles. The van der Waals surface area contributed by atoms with Crippen LogP contribution >= 0.6 is 22.9 Å². The molecule has 30 heavy (non-hydrogen) atoms. The number of fused-ring (bicyclic) bond motifs is 1.